The van der Waals surface area contributed by atoms with Crippen LogP contribution in [0.5, 0.6) is 0 Å². The summed E-state index contributed by atoms with van der Waals surface area (Å²) < 4.78 is 0.742. The lowest BCUT2D eigenvalue weighted by atomic mass is 10.1. The van der Waals surface area contributed by atoms with Crippen molar-refractivity contribution in [3.8, 4) is 0 Å². The van der Waals surface area contributed by atoms with Gasteiger partial charge in [0.15, 0.2) is 0 Å². The number of aliphatic hydroxyl groups is 1. The lowest BCUT2D eigenvalue weighted by Gasteiger charge is -2.27. The topological polar surface area (TPSA) is 168 Å². The molecule has 10 nitrogen and oxygen atoms in total. The van der Waals surface area contributed by atoms with Crippen molar-refractivity contribution >= 4 is 35.4 Å². The molecule has 0 aromatic carbocycles. The van der Waals surface area contributed by atoms with Crippen molar-refractivity contribution in [1.29, 1.82) is 0 Å². The second-order valence-electron chi connectivity index (χ2n) is 5.54. The molecule has 7 N–H and O–H groups in total. The van der Waals surface area contributed by atoms with Crippen molar-refractivity contribution in [1.82, 2.24) is 15.1 Å². The molecule has 3 atom stereocenters. The van der Waals surface area contributed by atoms with Crippen molar-refractivity contribution < 1.29 is 24.3 Å². The number of unbranched alkanes of at least 4 members (excludes halogenated alkanes) is 1. The van der Waals surface area contributed by atoms with E-state index in [0.29, 0.717) is 19.4 Å². The largest absolute Gasteiger partial charge is 0.391 e. The fourth-order valence-corrected chi connectivity index (χ4v) is 2.17. The van der Waals surface area contributed by atoms with Crippen molar-refractivity contribution in [2.45, 2.75) is 51.3 Å². The van der Waals surface area contributed by atoms with Gasteiger partial charge in [0, 0.05) is 18.7 Å². The molecule has 0 unspecified atom stereocenters. The first kappa shape index (κ1) is 23.1. The molecule has 0 aromatic heterocycles. The smallest absolute Gasteiger partial charge is 0.245 e. The first-order valence-corrected chi connectivity index (χ1v) is 8.15. The molecule has 4 amide bonds. The number of halogens is 1. The van der Waals surface area contributed by atoms with Crippen LogP contribution in [0.4, 0.5) is 0 Å². The second kappa shape index (κ2) is 11.6. The summed E-state index contributed by atoms with van der Waals surface area (Å²) in [5.74, 6) is -2.80. The maximum Gasteiger partial charge on any atom is 0.245 e. The number of nitrogens with two attached hydrogens (primary N) is 2. The number of aliphatic hydroxyl groups excluding tert-OH is 1. The zero-order chi connectivity index (χ0) is 19.6. The molecule has 0 aliphatic heterocycles. The Morgan fingerprint density at radius 1 is 1.20 bits per heavy atom. The number of hydrogen-bond acceptors (Lipinski definition) is 6. The summed E-state index contributed by atoms with van der Waals surface area (Å²) in [6, 6.07) is -2.36. The van der Waals surface area contributed by atoms with Crippen LogP contribution in [0.15, 0.2) is 0 Å². The van der Waals surface area contributed by atoms with Gasteiger partial charge in [0.2, 0.25) is 23.6 Å². The molecule has 0 radical (unpaired) electrons. The second-order valence-corrected chi connectivity index (χ2v) is 5.91. The number of carbonyl (C=O) groups excluding carboxylic acids is 4. The third-order valence-corrected chi connectivity index (χ3v) is 3.78. The van der Waals surface area contributed by atoms with Gasteiger partial charge in [0.25, 0.3) is 0 Å². The number of rotatable bonds is 11. The SMILES string of the molecule is CC(=O)N(Cl)[C@@H](CCCCN)C(=O)N[C@H](C(=O)NCC(N)=O)[C@@H](C)O. The number of hydrogen-bond donors (Lipinski definition) is 5. The molecule has 0 bridgehead atoms. The van der Waals surface area contributed by atoms with E-state index in [2.05, 4.69) is 10.6 Å². The molecule has 0 saturated carbocycles. The summed E-state index contributed by atoms with van der Waals surface area (Å²) in [5, 5.41) is 14.3. The monoisotopic (exact) mass is 379 g/mol. The molecule has 144 valence electrons. The highest BCUT2D eigenvalue weighted by atomic mass is 35.5. The van der Waals surface area contributed by atoms with Crippen LogP contribution in [-0.4, -0.2) is 64.4 Å². The Morgan fingerprint density at radius 2 is 1.80 bits per heavy atom. The van der Waals surface area contributed by atoms with Gasteiger partial charge in [-0.25, -0.2) is 4.42 Å². The van der Waals surface area contributed by atoms with E-state index in [9.17, 15) is 24.3 Å². The molecule has 0 aromatic rings. The van der Waals surface area contributed by atoms with Crippen LogP contribution in [-0.2, 0) is 19.2 Å². The Bertz CT molecular complexity index is 488. The van der Waals surface area contributed by atoms with Gasteiger partial charge in [-0.3, -0.25) is 19.2 Å². The predicted octanol–water partition coefficient (Wildman–Crippen LogP) is -2.05. The van der Waals surface area contributed by atoms with Crippen molar-refractivity contribution in [3.05, 3.63) is 0 Å². The molecule has 0 spiro atoms. The molecule has 25 heavy (non-hydrogen) atoms. The van der Waals surface area contributed by atoms with Gasteiger partial charge in [0.1, 0.15) is 12.1 Å². The first-order chi connectivity index (χ1) is 11.6. The summed E-state index contributed by atoms with van der Waals surface area (Å²) in [7, 11) is 0. The van der Waals surface area contributed by atoms with Crippen LogP contribution >= 0.6 is 11.8 Å². The van der Waals surface area contributed by atoms with E-state index >= 15 is 0 Å². The van der Waals surface area contributed by atoms with Crippen LogP contribution in [0.1, 0.15) is 33.1 Å². The van der Waals surface area contributed by atoms with Gasteiger partial charge in [-0.1, -0.05) is 0 Å². The zero-order valence-corrected chi connectivity index (χ0v) is 15.1. The van der Waals surface area contributed by atoms with Crippen LogP contribution in [0.25, 0.3) is 0 Å². The lowest BCUT2D eigenvalue weighted by molar-refractivity contribution is -0.137. The maximum atomic E-state index is 12.4. The van der Waals surface area contributed by atoms with Crippen molar-refractivity contribution in [2.75, 3.05) is 13.1 Å². The molecular weight excluding hydrogens is 354 g/mol. The van der Waals surface area contributed by atoms with E-state index in [1.807, 2.05) is 0 Å². The third-order valence-electron chi connectivity index (χ3n) is 3.31. The summed E-state index contributed by atoms with van der Waals surface area (Å²) >= 11 is 5.87. The van der Waals surface area contributed by atoms with E-state index in [1.54, 1.807) is 0 Å². The van der Waals surface area contributed by atoms with Gasteiger partial charge < -0.3 is 27.2 Å². The molecule has 0 fully saturated rings. The number of amides is 4. The van der Waals surface area contributed by atoms with Gasteiger partial charge in [-0.2, -0.15) is 0 Å². The van der Waals surface area contributed by atoms with Crippen molar-refractivity contribution in [2.24, 2.45) is 11.5 Å². The minimum atomic E-state index is -1.33. The molecular formula is C14H26ClN5O5. The van der Waals surface area contributed by atoms with Gasteiger partial charge in [0.05, 0.1) is 12.6 Å². The Hall–Kier alpha value is -1.91. The standard InChI is InChI=1S/C14H26ClN5O5/c1-8(21)12(14(25)18-7-11(17)23)19-13(24)10(5-3-4-6-16)20(15)9(2)22/h8,10,12,21H,3-7,16H2,1-2H3,(H2,17,23)(H,18,25)(H,19,24)/t8-,10+,12+/m1/s1. The number of nitrogens with zero attached hydrogens (tertiary/aromatic N) is 1. The predicted molar refractivity (Wildman–Crippen MR) is 90.9 cm³/mol. The summed E-state index contributed by atoms with van der Waals surface area (Å²) in [6.45, 7) is 2.47. The fourth-order valence-electron chi connectivity index (χ4n) is 1.99. The summed E-state index contributed by atoms with van der Waals surface area (Å²) in [6.07, 6.45) is 0.160. The van der Waals surface area contributed by atoms with E-state index in [4.69, 9.17) is 23.2 Å². The van der Waals surface area contributed by atoms with Gasteiger partial charge in [-0.05, 0) is 32.7 Å². The zero-order valence-electron chi connectivity index (χ0n) is 14.3. The van der Waals surface area contributed by atoms with Crippen LogP contribution in [0.3, 0.4) is 0 Å². The summed E-state index contributed by atoms with van der Waals surface area (Å²) in [5.41, 5.74) is 10.3. The third kappa shape index (κ3) is 8.66. The molecule has 0 saturated heterocycles. The van der Waals surface area contributed by atoms with Gasteiger partial charge >= 0.3 is 0 Å². The van der Waals surface area contributed by atoms with Crippen LogP contribution in [0, 0.1) is 0 Å². The molecule has 11 heteroatoms. The van der Waals surface area contributed by atoms with Crippen LogP contribution < -0.4 is 22.1 Å². The lowest BCUT2D eigenvalue weighted by Crippen LogP contribution is -2.57. The van der Waals surface area contributed by atoms with E-state index in [0.717, 1.165) is 4.42 Å². The highest BCUT2D eigenvalue weighted by Gasteiger charge is 2.32. The highest BCUT2D eigenvalue weighted by molar-refractivity contribution is 6.22. The molecule has 0 aliphatic carbocycles. The van der Waals surface area contributed by atoms with Crippen molar-refractivity contribution in [3.63, 3.8) is 0 Å². The molecule has 0 aliphatic rings. The average molecular weight is 380 g/mol. The number of carbonyl (C=O) groups is 4. The van der Waals surface area contributed by atoms with E-state index < -0.39 is 48.4 Å². The quantitative estimate of drug-likeness (QED) is 0.204. The highest BCUT2D eigenvalue weighted by Crippen LogP contribution is 2.13. The Labute approximate surface area is 151 Å². The first-order valence-electron chi connectivity index (χ1n) is 7.81. The van der Waals surface area contributed by atoms with E-state index in [-0.39, 0.29) is 6.42 Å². The number of primary amides is 1. The average Bonchev–Trinajstić information content (AvgIpc) is 2.53. The fraction of sp³-hybridized carbons (Fsp3) is 0.714. The Kier molecular flexibility index (Phi) is 10.7. The number of nitrogens with one attached hydrogen (secondary N) is 2. The van der Waals surface area contributed by atoms with Gasteiger partial charge in [-0.15, -0.1) is 0 Å². The maximum absolute atomic E-state index is 12.4. The Balaban J connectivity index is 5.07. The normalized spacial score (nSPS) is 14.1. The summed E-state index contributed by atoms with van der Waals surface area (Å²) in [4.78, 5) is 46.6. The minimum absolute atomic E-state index is 0.238. The molecule has 0 rings (SSSR count). The Morgan fingerprint density at radius 3 is 2.24 bits per heavy atom. The van der Waals surface area contributed by atoms with Crippen LogP contribution in [0.2, 0.25) is 0 Å². The molecule has 0 heterocycles. The van der Waals surface area contributed by atoms with E-state index in [1.165, 1.54) is 13.8 Å². The minimum Gasteiger partial charge on any atom is -0.391 e.